The van der Waals surface area contributed by atoms with Gasteiger partial charge in [-0.2, -0.15) is 0 Å². The van der Waals surface area contributed by atoms with E-state index in [1.165, 1.54) is 73.1 Å². The third-order valence-electron chi connectivity index (χ3n) is 20.1. The van der Waals surface area contributed by atoms with Gasteiger partial charge in [0, 0.05) is 31.0 Å². The fourth-order valence-corrected chi connectivity index (χ4v) is 14.3. The van der Waals surface area contributed by atoms with Crippen molar-refractivity contribution in [1.82, 2.24) is 72.7 Å². The predicted octanol–water partition coefficient (Wildman–Crippen LogP) is -0.930. The van der Waals surface area contributed by atoms with Gasteiger partial charge in [-0.05, 0) is 74.3 Å². The van der Waals surface area contributed by atoms with Gasteiger partial charge >= 0.3 is 0 Å². The van der Waals surface area contributed by atoms with Crippen LogP contribution in [-0.2, 0) is 23.7 Å². The van der Waals surface area contributed by atoms with Gasteiger partial charge in [0.15, 0.2) is 59.4 Å². The number of nitrogens with zero attached hydrogens (tertiary/aromatic N) is 15. The number of anilines is 5. The molecule has 40 heteroatoms. The molecular formula is C71H102N20O20. The van der Waals surface area contributed by atoms with Crippen LogP contribution in [0.1, 0.15) is 125 Å². The number of fused-ring (bicyclic) bond motifs is 5. The number of hydrogen-bond donors (Lipinski definition) is 20. The highest BCUT2D eigenvalue weighted by molar-refractivity contribution is 5.86. The minimum absolute atomic E-state index is 0.243. The minimum atomic E-state index is -1.19. The lowest BCUT2D eigenvalue weighted by Crippen LogP contribution is -2.39. The summed E-state index contributed by atoms with van der Waals surface area (Å²) < 4.78 is 36.1. The van der Waals surface area contributed by atoms with E-state index in [0.29, 0.717) is 116 Å². The normalized spacial score (nSPS) is 29.9. The van der Waals surface area contributed by atoms with E-state index in [0.717, 1.165) is 12.8 Å². The molecule has 0 saturated carbocycles. The van der Waals surface area contributed by atoms with Gasteiger partial charge in [-0.25, -0.2) is 49.8 Å². The molecule has 5 fully saturated rings. The second kappa shape index (κ2) is 35.6. The zero-order chi connectivity index (χ0) is 80.3. The Labute approximate surface area is 634 Å². The van der Waals surface area contributed by atoms with E-state index in [1.54, 1.807) is 49.6 Å². The Morgan fingerprint density at radius 3 is 0.694 bits per heavy atom. The number of nitrogen functional groups attached to an aromatic ring is 5. The van der Waals surface area contributed by atoms with E-state index in [-0.39, 0.29) is 11.8 Å². The Bertz CT molecular complexity index is 4450. The first kappa shape index (κ1) is 83.2. The number of nitrogens with two attached hydrogens (primary N) is 5. The van der Waals surface area contributed by atoms with Gasteiger partial charge in [0.2, 0.25) is 0 Å². The van der Waals surface area contributed by atoms with E-state index < -0.39 is 153 Å². The average Bonchev–Trinajstić information content (AvgIpc) is 1.65. The lowest BCUT2D eigenvalue weighted by molar-refractivity contribution is -0.0882. The highest BCUT2D eigenvalue weighted by atomic mass is 16.6. The molecule has 10 aromatic heterocycles. The molecule has 5 saturated heterocycles. The third kappa shape index (κ3) is 17.0. The molecular weight excluding hydrogens is 1450 g/mol. The number of aromatic nitrogens is 15. The summed E-state index contributed by atoms with van der Waals surface area (Å²) in [6, 6.07) is 8.16. The van der Waals surface area contributed by atoms with Crippen LogP contribution in [0.15, 0.2) is 93.0 Å². The van der Waals surface area contributed by atoms with Crippen molar-refractivity contribution < 1.29 is 100 Å². The number of rotatable bonds is 19. The van der Waals surface area contributed by atoms with Crippen LogP contribution < -0.4 is 28.7 Å². The number of aliphatic hydroxyl groups excluding tert-OH is 15. The van der Waals surface area contributed by atoms with E-state index >= 15 is 0 Å². The Morgan fingerprint density at radius 2 is 0.505 bits per heavy atom. The third-order valence-corrected chi connectivity index (χ3v) is 20.1. The van der Waals surface area contributed by atoms with Crippen molar-refractivity contribution in [1.29, 1.82) is 0 Å². The first-order valence-electron chi connectivity index (χ1n) is 36.8. The van der Waals surface area contributed by atoms with Gasteiger partial charge in [0.05, 0.1) is 90.6 Å². The summed E-state index contributed by atoms with van der Waals surface area (Å²) in [5.74, 6) is 0.486. The zero-order valence-electron chi connectivity index (χ0n) is 62.0. The second-order valence-electron chi connectivity index (χ2n) is 29.1. The first-order chi connectivity index (χ1) is 52.9. The molecule has 25 atom stereocenters. The predicted molar refractivity (Wildman–Crippen MR) is 398 cm³/mol. The van der Waals surface area contributed by atoms with Crippen LogP contribution >= 0.6 is 0 Å². The molecule has 5 aliphatic rings. The van der Waals surface area contributed by atoms with Crippen molar-refractivity contribution >= 4 is 84.3 Å². The Hall–Kier alpha value is -8.70. The molecule has 15 rings (SSSR count). The Morgan fingerprint density at radius 1 is 0.306 bits per heavy atom. The standard InChI is InChI=1S/2C15H22N4O4.2C14H20N4O4.C13H18N4O4/c2*1-7(2)5-9(20)13-11(21)12(22)15(23-13)19-6-18-10-8(16)3-4-17-14(10)19;2*1-2-3-8(19)12-10(20)11(21)14(22-12)18-6-17-9-7(15)4-5-16-13(9)18;1-2-7(18)11-9(19)10(20)13(21-11)17-5-16-8-6(14)3-4-15-12(8)17/h2*3-4,6-7,9,11-13,15,20-22H,5H2,1-2H3,(H2,16,17);2*4-6,8,10-12,14,19-21H,2-3H2,1H3,(H2,15,16);3-5,7,9-11,13,18-20H,2H2,1H3,(H2,14,15)/t9-,11+,12-,13-,15-;9-,11-,12+,13+,15+;8-,10+,11-,12-,14-;8-,10-,11+,12+,14+;7-,9-,10+,11+,13+/m10100/s1. The van der Waals surface area contributed by atoms with Crippen molar-refractivity contribution in [3.63, 3.8) is 0 Å². The fourth-order valence-electron chi connectivity index (χ4n) is 14.3. The molecule has 25 N–H and O–H groups in total. The molecule has 0 aliphatic carbocycles. The maximum atomic E-state index is 10.3. The fraction of sp³-hybridized carbons (Fsp3) is 0.577. The molecule has 0 radical (unpaired) electrons. The summed E-state index contributed by atoms with van der Waals surface area (Å²) in [6.45, 7) is 13.5. The van der Waals surface area contributed by atoms with Crippen LogP contribution in [0.25, 0.3) is 55.8 Å². The van der Waals surface area contributed by atoms with Crippen LogP contribution in [0.2, 0.25) is 0 Å². The van der Waals surface area contributed by atoms with Crippen LogP contribution in [0.3, 0.4) is 0 Å². The van der Waals surface area contributed by atoms with Gasteiger partial charge in [-0.1, -0.05) is 61.3 Å². The lowest BCUT2D eigenvalue weighted by Gasteiger charge is -2.22. The molecule has 111 heavy (non-hydrogen) atoms. The quantitative estimate of drug-likeness (QED) is 0.0465. The summed E-state index contributed by atoms with van der Waals surface area (Å²) in [4.78, 5) is 41.8. The summed E-state index contributed by atoms with van der Waals surface area (Å²) in [7, 11) is 0. The second-order valence-corrected chi connectivity index (χ2v) is 29.1. The molecule has 0 spiro atoms. The Balaban J connectivity index is 0.000000137. The lowest BCUT2D eigenvalue weighted by atomic mass is 9.98. The molecule has 606 valence electrons. The molecule has 0 amide bonds. The van der Waals surface area contributed by atoms with Gasteiger partial charge in [0.25, 0.3) is 0 Å². The molecule has 10 aromatic rings. The summed E-state index contributed by atoms with van der Waals surface area (Å²) in [5.41, 5.74) is 36.4. The number of hydrogen-bond acceptors (Lipinski definition) is 35. The van der Waals surface area contributed by atoms with Crippen molar-refractivity contribution in [3.8, 4) is 0 Å². The van der Waals surface area contributed by atoms with Gasteiger partial charge in [-0.15, -0.1) is 0 Å². The van der Waals surface area contributed by atoms with Crippen molar-refractivity contribution in [2.24, 2.45) is 11.8 Å². The smallest absolute Gasteiger partial charge is 0.165 e. The number of pyridine rings is 5. The van der Waals surface area contributed by atoms with Gasteiger partial charge in [-0.3, -0.25) is 22.8 Å². The first-order valence-corrected chi connectivity index (χ1v) is 36.8. The van der Waals surface area contributed by atoms with Crippen molar-refractivity contribution in [2.75, 3.05) is 28.7 Å². The molecule has 5 aliphatic heterocycles. The van der Waals surface area contributed by atoms with E-state index in [1.807, 2.05) is 41.5 Å². The van der Waals surface area contributed by atoms with E-state index in [9.17, 15) is 76.6 Å². The minimum Gasteiger partial charge on any atom is -0.397 e. The van der Waals surface area contributed by atoms with E-state index in [4.69, 9.17) is 52.4 Å². The summed E-state index contributed by atoms with van der Waals surface area (Å²) in [6.07, 6.45) is -5.93. The highest BCUT2D eigenvalue weighted by Crippen LogP contribution is 2.40. The topological polar surface area (TPSA) is 633 Å². The SMILES string of the molecule is CC(C)C[C@@H](O)[C@H]1O[C@@H](n2cnc3c(N)ccnc32)[C@H](O)[C@@H]1O.CC(C)C[C@H](O)[C@H]1O[C@@H](n2cnc3c(N)ccnc32)[C@H](O)[C@@H]1O.CCC[C@@H](O)[C@H]1O[C@@H](n2cnc3c(N)ccnc32)[C@H](O)[C@@H]1O.CCC[C@H](O)[C@H]1O[C@@H](n2cnc3c(N)ccnc32)[C@H](O)[C@@H]1O.CC[C@H](O)[C@H]1O[C@@H](n2cnc3c(N)ccnc32)[C@H](O)[C@@H]1O. The maximum Gasteiger partial charge on any atom is 0.165 e. The monoisotopic (exact) mass is 1550 g/mol. The van der Waals surface area contributed by atoms with E-state index in [2.05, 4.69) is 49.8 Å². The molecule has 15 heterocycles. The largest absolute Gasteiger partial charge is 0.397 e. The zero-order valence-corrected chi connectivity index (χ0v) is 62.0. The molecule has 0 bridgehead atoms. The highest BCUT2D eigenvalue weighted by Gasteiger charge is 2.52. The van der Waals surface area contributed by atoms with Crippen LogP contribution in [0, 0.1) is 11.8 Å². The van der Waals surface area contributed by atoms with Gasteiger partial charge < -0.3 is 129 Å². The number of imidazole rings is 5. The Kier molecular flexibility index (Phi) is 26.7. The van der Waals surface area contributed by atoms with Gasteiger partial charge in [0.1, 0.15) is 119 Å². The molecule has 0 aromatic carbocycles. The van der Waals surface area contributed by atoms with Crippen molar-refractivity contribution in [2.45, 2.75) is 247 Å². The number of aliphatic hydroxyl groups is 15. The maximum absolute atomic E-state index is 10.3. The van der Waals surface area contributed by atoms with Crippen molar-refractivity contribution in [3.05, 3.63) is 93.0 Å². The summed E-state index contributed by atoms with van der Waals surface area (Å²) >= 11 is 0. The number of ether oxygens (including phenoxy) is 5. The molecule has 0 unspecified atom stereocenters. The molecule has 40 nitrogen and oxygen atoms in total. The van der Waals surface area contributed by atoms with Crippen LogP contribution in [0.5, 0.6) is 0 Å². The summed E-state index contributed by atoms with van der Waals surface area (Å²) in [5, 5.41) is 152. The van der Waals surface area contributed by atoms with Crippen LogP contribution in [-0.4, -0.2) is 271 Å². The van der Waals surface area contributed by atoms with Crippen LogP contribution in [0.4, 0.5) is 28.4 Å². The average molecular weight is 1560 g/mol.